The summed E-state index contributed by atoms with van der Waals surface area (Å²) in [7, 11) is -2.16. The van der Waals surface area contributed by atoms with Crippen molar-refractivity contribution in [3.63, 3.8) is 0 Å². The van der Waals surface area contributed by atoms with Crippen LogP contribution in [0.5, 0.6) is 5.88 Å². The Bertz CT molecular complexity index is 755. The van der Waals surface area contributed by atoms with Crippen LogP contribution in [0.4, 0.5) is 0 Å². The molecule has 3 aliphatic rings. The van der Waals surface area contributed by atoms with Crippen molar-refractivity contribution in [2.75, 3.05) is 46.5 Å². The van der Waals surface area contributed by atoms with E-state index in [-0.39, 0.29) is 10.0 Å². The maximum atomic E-state index is 13.0. The standard InChI is InChI=1S/C17H24ClN3O4S/c1-24-16-3-2-15(17(18)19-16)26(22,23)21-10-12-8-20(9-13(12)11-21)14-4-6-25-7-5-14/h2-3,12-14H,4-11H2,1H3/t12-,13+. The second kappa shape index (κ2) is 7.24. The zero-order chi connectivity index (χ0) is 18.3. The highest BCUT2D eigenvalue weighted by Crippen LogP contribution is 2.37. The van der Waals surface area contributed by atoms with Gasteiger partial charge in [-0.05, 0) is 30.7 Å². The average Bonchev–Trinajstić information content (AvgIpc) is 3.21. The number of hydrogen-bond donors (Lipinski definition) is 0. The molecule has 3 aliphatic heterocycles. The molecule has 3 fully saturated rings. The van der Waals surface area contributed by atoms with Gasteiger partial charge in [0.2, 0.25) is 15.9 Å². The van der Waals surface area contributed by atoms with E-state index in [0.717, 1.165) is 39.1 Å². The molecule has 144 valence electrons. The maximum Gasteiger partial charge on any atom is 0.246 e. The Balaban J connectivity index is 1.45. The van der Waals surface area contributed by atoms with E-state index in [2.05, 4.69) is 9.88 Å². The fourth-order valence-electron chi connectivity index (χ4n) is 4.38. The third-order valence-corrected chi connectivity index (χ3v) is 8.07. The summed E-state index contributed by atoms with van der Waals surface area (Å²) < 4.78 is 38.0. The Morgan fingerprint density at radius 3 is 2.38 bits per heavy atom. The lowest BCUT2D eigenvalue weighted by Crippen LogP contribution is -2.40. The lowest BCUT2D eigenvalue weighted by molar-refractivity contribution is 0.0393. The summed E-state index contributed by atoms with van der Waals surface area (Å²) in [5.74, 6) is 1.08. The number of sulfonamides is 1. The van der Waals surface area contributed by atoms with Crippen LogP contribution >= 0.6 is 11.6 Å². The highest BCUT2D eigenvalue weighted by molar-refractivity contribution is 7.89. The van der Waals surface area contributed by atoms with Crippen LogP contribution in [0.1, 0.15) is 12.8 Å². The maximum absolute atomic E-state index is 13.0. The van der Waals surface area contributed by atoms with Crippen molar-refractivity contribution < 1.29 is 17.9 Å². The first-order chi connectivity index (χ1) is 12.5. The molecular weight excluding hydrogens is 378 g/mol. The molecule has 0 amide bonds. The highest BCUT2D eigenvalue weighted by atomic mass is 35.5. The number of ether oxygens (including phenoxy) is 2. The van der Waals surface area contributed by atoms with Crippen molar-refractivity contribution in [3.8, 4) is 5.88 Å². The van der Waals surface area contributed by atoms with Gasteiger partial charge in [0, 0.05) is 51.5 Å². The van der Waals surface area contributed by atoms with Crippen LogP contribution in [-0.4, -0.2) is 75.2 Å². The van der Waals surface area contributed by atoms with Gasteiger partial charge in [-0.3, -0.25) is 4.90 Å². The van der Waals surface area contributed by atoms with Gasteiger partial charge in [-0.1, -0.05) is 11.6 Å². The second-order valence-electron chi connectivity index (χ2n) is 7.28. The Morgan fingerprint density at radius 2 is 1.81 bits per heavy atom. The molecule has 0 spiro atoms. The van der Waals surface area contributed by atoms with Crippen LogP contribution in [0.3, 0.4) is 0 Å². The normalized spacial score (nSPS) is 28.4. The number of hydrogen-bond acceptors (Lipinski definition) is 6. The average molecular weight is 402 g/mol. The summed E-state index contributed by atoms with van der Waals surface area (Å²) in [4.78, 5) is 6.58. The van der Waals surface area contributed by atoms with Gasteiger partial charge in [-0.15, -0.1) is 0 Å². The molecule has 1 aromatic rings. The highest BCUT2D eigenvalue weighted by Gasteiger charge is 2.46. The Kier molecular flexibility index (Phi) is 5.13. The molecule has 0 bridgehead atoms. The smallest absolute Gasteiger partial charge is 0.246 e. The minimum absolute atomic E-state index is 0.0368. The van der Waals surface area contributed by atoms with Crippen molar-refractivity contribution in [3.05, 3.63) is 17.3 Å². The number of nitrogens with zero attached hydrogens (tertiary/aromatic N) is 3. The number of fused-ring (bicyclic) bond motifs is 1. The van der Waals surface area contributed by atoms with Gasteiger partial charge in [-0.2, -0.15) is 4.31 Å². The molecule has 4 rings (SSSR count). The van der Waals surface area contributed by atoms with Gasteiger partial charge in [-0.25, -0.2) is 13.4 Å². The van der Waals surface area contributed by atoms with Gasteiger partial charge in [0.25, 0.3) is 0 Å². The second-order valence-corrected chi connectivity index (χ2v) is 9.55. The molecule has 1 aromatic heterocycles. The molecule has 0 aliphatic carbocycles. The summed E-state index contributed by atoms with van der Waals surface area (Å²) in [5, 5.41) is -0.0368. The molecule has 0 radical (unpaired) electrons. The number of aromatic nitrogens is 1. The van der Waals surface area contributed by atoms with Crippen molar-refractivity contribution in [2.45, 2.75) is 23.8 Å². The van der Waals surface area contributed by atoms with Crippen LogP contribution in [-0.2, 0) is 14.8 Å². The lowest BCUT2D eigenvalue weighted by Gasteiger charge is -2.32. The quantitative estimate of drug-likeness (QED) is 0.711. The number of likely N-dealkylation sites (tertiary alicyclic amines) is 1. The lowest BCUT2D eigenvalue weighted by atomic mass is 10.0. The van der Waals surface area contributed by atoms with Crippen LogP contribution in [0.15, 0.2) is 17.0 Å². The molecule has 3 saturated heterocycles. The largest absolute Gasteiger partial charge is 0.481 e. The molecule has 0 unspecified atom stereocenters. The molecule has 0 saturated carbocycles. The van der Waals surface area contributed by atoms with Crippen LogP contribution in [0.25, 0.3) is 0 Å². The molecule has 26 heavy (non-hydrogen) atoms. The minimum Gasteiger partial charge on any atom is -0.481 e. The Morgan fingerprint density at radius 1 is 1.15 bits per heavy atom. The first kappa shape index (κ1) is 18.4. The molecule has 9 heteroatoms. The predicted octanol–water partition coefficient (Wildman–Crippen LogP) is 1.47. The van der Waals surface area contributed by atoms with Gasteiger partial charge in [0.15, 0.2) is 5.15 Å². The third kappa shape index (κ3) is 3.33. The molecular formula is C17H24ClN3O4S. The fraction of sp³-hybridized carbons (Fsp3) is 0.706. The number of methoxy groups -OCH3 is 1. The van der Waals surface area contributed by atoms with Gasteiger partial charge in [0.1, 0.15) is 4.90 Å². The third-order valence-electron chi connectivity index (χ3n) is 5.80. The van der Waals surface area contributed by atoms with Crippen molar-refractivity contribution in [1.29, 1.82) is 0 Å². The van der Waals surface area contributed by atoms with E-state index >= 15 is 0 Å². The molecule has 2 atom stereocenters. The van der Waals surface area contributed by atoms with Crippen LogP contribution in [0, 0.1) is 11.8 Å². The minimum atomic E-state index is -3.63. The van der Waals surface area contributed by atoms with Crippen molar-refractivity contribution in [1.82, 2.24) is 14.2 Å². The summed E-state index contributed by atoms with van der Waals surface area (Å²) in [5.41, 5.74) is 0. The molecule has 0 aromatic carbocycles. The topological polar surface area (TPSA) is 72.0 Å². The SMILES string of the molecule is COc1ccc(S(=O)(=O)N2C[C@H]3CN(C4CCOCC4)C[C@H]3C2)c(Cl)n1. The number of rotatable bonds is 4. The van der Waals surface area contributed by atoms with E-state index in [1.54, 1.807) is 4.31 Å². The first-order valence-corrected chi connectivity index (χ1v) is 10.8. The predicted molar refractivity (Wildman–Crippen MR) is 97.0 cm³/mol. The van der Waals surface area contributed by atoms with Crippen LogP contribution < -0.4 is 4.74 Å². The summed E-state index contributed by atoms with van der Waals surface area (Å²) >= 11 is 6.10. The van der Waals surface area contributed by atoms with E-state index in [0.29, 0.717) is 36.8 Å². The number of halogens is 1. The zero-order valence-corrected chi connectivity index (χ0v) is 16.4. The molecule has 4 heterocycles. The van der Waals surface area contributed by atoms with E-state index < -0.39 is 10.0 Å². The summed E-state index contributed by atoms with van der Waals surface area (Å²) in [6.45, 7) is 4.70. The van der Waals surface area contributed by atoms with E-state index in [9.17, 15) is 8.42 Å². The Labute approximate surface area is 159 Å². The van der Waals surface area contributed by atoms with E-state index in [4.69, 9.17) is 21.1 Å². The summed E-state index contributed by atoms with van der Waals surface area (Å²) in [6, 6.07) is 3.59. The van der Waals surface area contributed by atoms with Crippen LogP contribution in [0.2, 0.25) is 5.15 Å². The van der Waals surface area contributed by atoms with E-state index in [1.807, 2.05) is 0 Å². The van der Waals surface area contributed by atoms with Crippen molar-refractivity contribution >= 4 is 21.6 Å². The summed E-state index contributed by atoms with van der Waals surface area (Å²) in [6.07, 6.45) is 2.16. The molecule has 0 N–H and O–H groups in total. The monoisotopic (exact) mass is 401 g/mol. The van der Waals surface area contributed by atoms with Gasteiger partial charge in [0.05, 0.1) is 7.11 Å². The van der Waals surface area contributed by atoms with Gasteiger partial charge < -0.3 is 9.47 Å². The number of pyridine rings is 1. The van der Waals surface area contributed by atoms with Gasteiger partial charge >= 0.3 is 0 Å². The molecule has 7 nitrogen and oxygen atoms in total. The van der Waals surface area contributed by atoms with E-state index in [1.165, 1.54) is 19.2 Å². The van der Waals surface area contributed by atoms with Crippen molar-refractivity contribution in [2.24, 2.45) is 11.8 Å². The Hall–Kier alpha value is -0.930. The zero-order valence-electron chi connectivity index (χ0n) is 14.8. The fourth-order valence-corrected chi connectivity index (χ4v) is 6.37. The first-order valence-electron chi connectivity index (χ1n) is 9.01.